The van der Waals surface area contributed by atoms with E-state index in [1.807, 2.05) is 51.1 Å². The molecule has 0 aliphatic carbocycles. The predicted octanol–water partition coefficient (Wildman–Crippen LogP) is 3.66. The van der Waals surface area contributed by atoms with Gasteiger partial charge in [-0.25, -0.2) is 0 Å². The van der Waals surface area contributed by atoms with Gasteiger partial charge in [0.1, 0.15) is 5.66 Å². The molecule has 156 valence electrons. The van der Waals surface area contributed by atoms with Gasteiger partial charge in [0, 0.05) is 32.1 Å². The van der Waals surface area contributed by atoms with Crippen molar-refractivity contribution in [1.82, 2.24) is 4.90 Å². The number of aryl methyl sites for hydroxylation is 1. The zero-order valence-corrected chi connectivity index (χ0v) is 17.9. The Hall–Kier alpha value is -3.15. The summed E-state index contributed by atoms with van der Waals surface area (Å²) in [7, 11) is 1.77. The van der Waals surface area contributed by atoms with Crippen molar-refractivity contribution < 1.29 is 14.4 Å². The van der Waals surface area contributed by atoms with Crippen molar-refractivity contribution in [3.8, 4) is 0 Å². The van der Waals surface area contributed by atoms with Gasteiger partial charge in [-0.1, -0.05) is 24.3 Å². The minimum atomic E-state index is -0.735. The topological polar surface area (TPSA) is 60.9 Å². The number of hydrogen-bond acceptors (Lipinski definition) is 3. The molecule has 1 saturated heterocycles. The lowest BCUT2D eigenvalue weighted by molar-refractivity contribution is -0.118. The van der Waals surface area contributed by atoms with Gasteiger partial charge in [0.25, 0.3) is 5.91 Å². The zero-order chi connectivity index (χ0) is 21.6. The van der Waals surface area contributed by atoms with Crippen LogP contribution in [0.15, 0.2) is 42.5 Å². The average molecular weight is 405 g/mol. The predicted molar refractivity (Wildman–Crippen MR) is 117 cm³/mol. The number of carbonyl (C=O) groups excluding carboxylic acids is 3. The fourth-order valence-corrected chi connectivity index (χ4v) is 4.65. The second-order valence-electron chi connectivity index (χ2n) is 8.34. The Kier molecular flexibility index (Phi) is 4.88. The molecule has 2 aliphatic heterocycles. The van der Waals surface area contributed by atoms with Crippen LogP contribution in [0.4, 0.5) is 11.4 Å². The molecule has 2 aliphatic rings. The van der Waals surface area contributed by atoms with Crippen LogP contribution in [0.2, 0.25) is 0 Å². The molecule has 6 heteroatoms. The van der Waals surface area contributed by atoms with Crippen molar-refractivity contribution >= 4 is 29.1 Å². The van der Waals surface area contributed by atoms with Crippen molar-refractivity contribution in [2.75, 3.05) is 23.4 Å². The SMILES string of the molecule is Cc1cccc(N(C)C(=O)CCN2C(=O)c3ccccc3N3C(=O)CCC23C)c1C. The van der Waals surface area contributed by atoms with Crippen LogP contribution in [0.3, 0.4) is 0 Å². The minimum Gasteiger partial charge on any atom is -0.315 e. The van der Waals surface area contributed by atoms with E-state index >= 15 is 0 Å². The molecule has 1 fully saturated rings. The summed E-state index contributed by atoms with van der Waals surface area (Å²) in [5.74, 6) is -0.169. The molecule has 1 atom stereocenters. The number of hydrogen-bond donors (Lipinski definition) is 0. The number of amides is 3. The number of fused-ring (bicyclic) bond motifs is 3. The van der Waals surface area contributed by atoms with E-state index in [4.69, 9.17) is 0 Å². The highest BCUT2D eigenvalue weighted by Gasteiger charge is 2.52. The van der Waals surface area contributed by atoms with Gasteiger partial charge in [-0.2, -0.15) is 0 Å². The van der Waals surface area contributed by atoms with E-state index in [0.29, 0.717) is 24.1 Å². The first-order valence-electron chi connectivity index (χ1n) is 10.3. The van der Waals surface area contributed by atoms with Crippen molar-refractivity contribution in [2.45, 2.75) is 45.7 Å². The van der Waals surface area contributed by atoms with E-state index in [9.17, 15) is 14.4 Å². The molecule has 0 spiro atoms. The smallest absolute Gasteiger partial charge is 0.257 e. The highest BCUT2D eigenvalue weighted by molar-refractivity contribution is 6.10. The largest absolute Gasteiger partial charge is 0.315 e. The third-order valence-electron chi connectivity index (χ3n) is 6.61. The lowest BCUT2D eigenvalue weighted by Gasteiger charge is -2.48. The molecule has 2 aromatic rings. The Bertz CT molecular complexity index is 1050. The van der Waals surface area contributed by atoms with E-state index in [1.54, 1.807) is 33.9 Å². The van der Waals surface area contributed by atoms with Gasteiger partial charge in [0.05, 0.1) is 11.3 Å². The third-order valence-corrected chi connectivity index (χ3v) is 6.61. The normalized spacial score (nSPS) is 20.3. The van der Waals surface area contributed by atoms with E-state index in [-0.39, 0.29) is 30.7 Å². The molecule has 0 N–H and O–H groups in total. The third kappa shape index (κ3) is 2.98. The molecule has 0 aromatic heterocycles. The van der Waals surface area contributed by atoms with Crippen LogP contribution < -0.4 is 9.80 Å². The molecule has 2 heterocycles. The van der Waals surface area contributed by atoms with E-state index in [0.717, 1.165) is 16.8 Å². The lowest BCUT2D eigenvalue weighted by Crippen LogP contribution is -2.62. The molecule has 0 saturated carbocycles. The van der Waals surface area contributed by atoms with Crippen LogP contribution in [0.25, 0.3) is 0 Å². The molecular weight excluding hydrogens is 378 g/mol. The highest BCUT2D eigenvalue weighted by atomic mass is 16.2. The summed E-state index contributed by atoms with van der Waals surface area (Å²) < 4.78 is 0. The lowest BCUT2D eigenvalue weighted by atomic mass is 9.98. The number of rotatable bonds is 4. The Morgan fingerprint density at radius 3 is 2.60 bits per heavy atom. The van der Waals surface area contributed by atoms with Crippen LogP contribution in [0.1, 0.15) is 47.7 Å². The Labute approximate surface area is 177 Å². The molecule has 4 rings (SSSR count). The Morgan fingerprint density at radius 1 is 1.10 bits per heavy atom. The first-order chi connectivity index (χ1) is 14.3. The first kappa shape index (κ1) is 20.1. The van der Waals surface area contributed by atoms with Crippen LogP contribution in [-0.4, -0.2) is 41.9 Å². The van der Waals surface area contributed by atoms with Crippen molar-refractivity contribution in [3.05, 3.63) is 59.2 Å². The fourth-order valence-electron chi connectivity index (χ4n) is 4.65. The number of benzene rings is 2. The maximum absolute atomic E-state index is 13.3. The number of carbonyl (C=O) groups is 3. The molecule has 6 nitrogen and oxygen atoms in total. The van der Waals surface area contributed by atoms with Crippen LogP contribution >= 0.6 is 0 Å². The second kappa shape index (κ2) is 7.27. The summed E-state index contributed by atoms with van der Waals surface area (Å²) in [5.41, 5.74) is 3.52. The highest BCUT2D eigenvalue weighted by Crippen LogP contribution is 2.44. The van der Waals surface area contributed by atoms with Crippen molar-refractivity contribution in [1.29, 1.82) is 0 Å². The number of nitrogens with zero attached hydrogens (tertiary/aromatic N) is 3. The van der Waals surface area contributed by atoms with E-state index < -0.39 is 5.66 Å². The monoisotopic (exact) mass is 405 g/mol. The van der Waals surface area contributed by atoms with Gasteiger partial charge >= 0.3 is 0 Å². The van der Waals surface area contributed by atoms with Crippen molar-refractivity contribution in [2.24, 2.45) is 0 Å². The summed E-state index contributed by atoms with van der Waals surface area (Å²) >= 11 is 0. The maximum Gasteiger partial charge on any atom is 0.257 e. The maximum atomic E-state index is 13.3. The first-order valence-corrected chi connectivity index (χ1v) is 10.3. The Morgan fingerprint density at radius 2 is 1.83 bits per heavy atom. The zero-order valence-electron chi connectivity index (χ0n) is 17.9. The van der Waals surface area contributed by atoms with E-state index in [2.05, 4.69) is 0 Å². The molecule has 3 amide bonds. The summed E-state index contributed by atoms with van der Waals surface area (Å²) in [5, 5.41) is 0. The average Bonchev–Trinajstić information content (AvgIpc) is 3.04. The molecular formula is C24H27N3O3. The van der Waals surface area contributed by atoms with Gasteiger partial charge in [0.2, 0.25) is 11.8 Å². The van der Waals surface area contributed by atoms with Gasteiger partial charge in [0.15, 0.2) is 0 Å². The number of anilines is 2. The summed E-state index contributed by atoms with van der Waals surface area (Å²) in [6, 6.07) is 13.1. The second-order valence-corrected chi connectivity index (χ2v) is 8.34. The fraction of sp³-hybridized carbons (Fsp3) is 0.375. The molecule has 0 bridgehead atoms. The van der Waals surface area contributed by atoms with Crippen LogP contribution in [-0.2, 0) is 9.59 Å². The summed E-state index contributed by atoms with van der Waals surface area (Å²) in [6.07, 6.45) is 1.15. The summed E-state index contributed by atoms with van der Waals surface area (Å²) in [6.45, 7) is 6.21. The van der Waals surface area contributed by atoms with Gasteiger partial charge in [-0.3, -0.25) is 19.3 Å². The summed E-state index contributed by atoms with van der Waals surface area (Å²) in [4.78, 5) is 44.0. The minimum absolute atomic E-state index is 0.0151. The van der Waals surface area contributed by atoms with E-state index in [1.165, 1.54) is 0 Å². The molecule has 0 radical (unpaired) electrons. The van der Waals surface area contributed by atoms with Crippen molar-refractivity contribution in [3.63, 3.8) is 0 Å². The standard InChI is InChI=1S/C24H27N3O3/c1-16-8-7-11-19(17(16)2)25(4)21(28)13-15-26-23(30)18-9-5-6-10-20(18)27-22(29)12-14-24(26,27)3/h5-11H,12-15H2,1-4H3. The van der Waals surface area contributed by atoms with Gasteiger partial charge < -0.3 is 9.80 Å². The number of para-hydroxylation sites is 1. The molecule has 30 heavy (non-hydrogen) atoms. The van der Waals surface area contributed by atoms with Crippen LogP contribution in [0.5, 0.6) is 0 Å². The molecule has 1 unspecified atom stereocenters. The van der Waals surface area contributed by atoms with Gasteiger partial charge in [-0.05, 0) is 56.5 Å². The quantitative estimate of drug-likeness (QED) is 0.780. The Balaban J connectivity index is 1.58. The van der Waals surface area contributed by atoms with Gasteiger partial charge in [-0.15, -0.1) is 0 Å². The molecule has 2 aromatic carbocycles. The van der Waals surface area contributed by atoms with Crippen LogP contribution in [0, 0.1) is 13.8 Å².